The van der Waals surface area contributed by atoms with Gasteiger partial charge in [-0.15, -0.1) is 0 Å². The number of rotatable bonds is 4. The lowest BCUT2D eigenvalue weighted by atomic mass is 10.2. The van der Waals surface area contributed by atoms with Crippen molar-refractivity contribution in [3.05, 3.63) is 54.0 Å². The summed E-state index contributed by atoms with van der Waals surface area (Å²) in [5.74, 6) is 0.164. The van der Waals surface area contributed by atoms with E-state index in [-0.39, 0.29) is 11.9 Å². The molecule has 1 aromatic heterocycles. The molecule has 0 aliphatic heterocycles. The number of nitrogens with two attached hydrogens (primary N) is 1. The minimum atomic E-state index is -0.142. The van der Waals surface area contributed by atoms with Gasteiger partial charge in [-0.1, -0.05) is 30.3 Å². The molecular formula is C15H18N4O. The van der Waals surface area contributed by atoms with Gasteiger partial charge in [0.25, 0.3) is 5.91 Å². The SMILES string of the molecule is CC(C)N(Cc1ccccc1)C(=O)c1cnc(N)cn1. The number of carbonyl (C=O) groups excluding carboxylic acids is 1. The fourth-order valence-corrected chi connectivity index (χ4v) is 1.86. The van der Waals surface area contributed by atoms with Crippen LogP contribution in [0.15, 0.2) is 42.7 Å². The summed E-state index contributed by atoms with van der Waals surface area (Å²) in [5, 5.41) is 0. The minimum Gasteiger partial charge on any atom is -0.382 e. The van der Waals surface area contributed by atoms with Crippen LogP contribution in [0.5, 0.6) is 0 Å². The van der Waals surface area contributed by atoms with Crippen LogP contribution in [0.4, 0.5) is 5.82 Å². The van der Waals surface area contributed by atoms with Crippen LogP contribution >= 0.6 is 0 Å². The third-order valence-electron chi connectivity index (χ3n) is 2.97. The van der Waals surface area contributed by atoms with Crippen molar-refractivity contribution in [2.75, 3.05) is 5.73 Å². The van der Waals surface area contributed by atoms with Crippen molar-refractivity contribution in [1.29, 1.82) is 0 Å². The quantitative estimate of drug-likeness (QED) is 0.923. The van der Waals surface area contributed by atoms with Gasteiger partial charge in [0.15, 0.2) is 0 Å². The maximum Gasteiger partial charge on any atom is 0.274 e. The van der Waals surface area contributed by atoms with Crippen molar-refractivity contribution >= 4 is 11.7 Å². The molecule has 0 aliphatic carbocycles. The van der Waals surface area contributed by atoms with Crippen LogP contribution in [0, 0.1) is 0 Å². The number of aromatic nitrogens is 2. The molecule has 0 saturated heterocycles. The first kappa shape index (κ1) is 14.0. The van der Waals surface area contributed by atoms with E-state index in [0.717, 1.165) is 5.56 Å². The van der Waals surface area contributed by atoms with Crippen molar-refractivity contribution in [3.8, 4) is 0 Å². The molecule has 0 atom stereocenters. The first-order chi connectivity index (χ1) is 9.58. The molecule has 0 bridgehead atoms. The standard InChI is InChI=1S/C15H18N4O/c1-11(2)19(10-12-6-4-3-5-7-12)15(20)13-8-18-14(16)9-17-13/h3-9,11H,10H2,1-2H3,(H2,16,18). The van der Waals surface area contributed by atoms with Gasteiger partial charge in [0, 0.05) is 12.6 Å². The Balaban J connectivity index is 2.20. The lowest BCUT2D eigenvalue weighted by molar-refractivity contribution is 0.0684. The highest BCUT2D eigenvalue weighted by Gasteiger charge is 2.20. The highest BCUT2D eigenvalue weighted by atomic mass is 16.2. The predicted octanol–water partition coefficient (Wildman–Crippen LogP) is 2.11. The Morgan fingerprint density at radius 3 is 2.45 bits per heavy atom. The molecule has 0 spiro atoms. The molecule has 1 amide bonds. The molecule has 0 unspecified atom stereocenters. The summed E-state index contributed by atoms with van der Waals surface area (Å²) in [7, 11) is 0. The van der Waals surface area contributed by atoms with Gasteiger partial charge in [-0.25, -0.2) is 9.97 Å². The number of carbonyl (C=O) groups is 1. The summed E-state index contributed by atoms with van der Waals surface area (Å²) in [6, 6.07) is 9.94. The van der Waals surface area contributed by atoms with Crippen molar-refractivity contribution in [1.82, 2.24) is 14.9 Å². The van der Waals surface area contributed by atoms with E-state index >= 15 is 0 Å². The van der Waals surface area contributed by atoms with E-state index in [1.165, 1.54) is 12.4 Å². The van der Waals surface area contributed by atoms with Gasteiger partial charge in [-0.05, 0) is 19.4 Å². The smallest absolute Gasteiger partial charge is 0.274 e. The summed E-state index contributed by atoms with van der Waals surface area (Å²) in [4.78, 5) is 22.2. The summed E-state index contributed by atoms with van der Waals surface area (Å²) < 4.78 is 0. The number of hydrogen-bond acceptors (Lipinski definition) is 4. The normalized spacial score (nSPS) is 10.6. The lowest BCUT2D eigenvalue weighted by Crippen LogP contribution is -2.36. The van der Waals surface area contributed by atoms with Crippen LogP contribution in [0.2, 0.25) is 0 Å². The van der Waals surface area contributed by atoms with Gasteiger partial charge < -0.3 is 10.6 Å². The van der Waals surface area contributed by atoms with Crippen molar-refractivity contribution in [3.63, 3.8) is 0 Å². The van der Waals surface area contributed by atoms with Crippen LogP contribution < -0.4 is 5.73 Å². The molecule has 5 heteroatoms. The number of benzene rings is 1. The van der Waals surface area contributed by atoms with Gasteiger partial charge in [-0.2, -0.15) is 0 Å². The maximum absolute atomic E-state index is 12.5. The van der Waals surface area contributed by atoms with E-state index in [1.807, 2.05) is 44.2 Å². The molecule has 0 saturated carbocycles. The summed E-state index contributed by atoms with van der Waals surface area (Å²) >= 11 is 0. The third kappa shape index (κ3) is 3.32. The zero-order chi connectivity index (χ0) is 14.5. The van der Waals surface area contributed by atoms with E-state index in [2.05, 4.69) is 9.97 Å². The summed E-state index contributed by atoms with van der Waals surface area (Å²) in [5.41, 5.74) is 6.88. The van der Waals surface area contributed by atoms with E-state index in [4.69, 9.17) is 5.73 Å². The zero-order valence-corrected chi connectivity index (χ0v) is 11.7. The van der Waals surface area contributed by atoms with Crippen molar-refractivity contribution in [2.45, 2.75) is 26.4 Å². The molecule has 5 nitrogen and oxygen atoms in total. The van der Waals surface area contributed by atoms with Gasteiger partial charge in [0.2, 0.25) is 0 Å². The van der Waals surface area contributed by atoms with E-state index in [1.54, 1.807) is 4.90 Å². The fraction of sp³-hybridized carbons (Fsp3) is 0.267. The Labute approximate surface area is 118 Å². The average molecular weight is 270 g/mol. The number of nitrogen functional groups attached to an aromatic ring is 1. The van der Waals surface area contributed by atoms with Crippen molar-refractivity contribution < 1.29 is 4.79 Å². The van der Waals surface area contributed by atoms with Gasteiger partial charge >= 0.3 is 0 Å². The minimum absolute atomic E-state index is 0.0714. The predicted molar refractivity (Wildman–Crippen MR) is 77.9 cm³/mol. The number of anilines is 1. The monoisotopic (exact) mass is 270 g/mol. The Morgan fingerprint density at radius 1 is 1.20 bits per heavy atom. The third-order valence-corrected chi connectivity index (χ3v) is 2.97. The molecule has 0 radical (unpaired) electrons. The Bertz CT molecular complexity index is 566. The van der Waals surface area contributed by atoms with E-state index in [0.29, 0.717) is 18.1 Å². The highest BCUT2D eigenvalue weighted by Crippen LogP contribution is 2.12. The molecular weight excluding hydrogens is 252 g/mol. The van der Waals surface area contributed by atoms with E-state index in [9.17, 15) is 4.79 Å². The Kier molecular flexibility index (Phi) is 4.30. The molecule has 1 aromatic carbocycles. The van der Waals surface area contributed by atoms with Crippen molar-refractivity contribution in [2.24, 2.45) is 0 Å². The summed E-state index contributed by atoms with van der Waals surface area (Å²) in [6.07, 6.45) is 2.81. The second kappa shape index (κ2) is 6.14. The average Bonchev–Trinajstić information content (AvgIpc) is 2.45. The van der Waals surface area contributed by atoms with Crippen LogP contribution in [-0.2, 0) is 6.54 Å². The Hall–Kier alpha value is -2.43. The molecule has 104 valence electrons. The largest absolute Gasteiger partial charge is 0.382 e. The van der Waals surface area contributed by atoms with Crippen LogP contribution in [0.1, 0.15) is 29.9 Å². The van der Waals surface area contributed by atoms with Crippen LogP contribution in [0.3, 0.4) is 0 Å². The molecule has 0 fully saturated rings. The van der Waals surface area contributed by atoms with Gasteiger partial charge in [0.05, 0.1) is 12.4 Å². The Morgan fingerprint density at radius 2 is 1.90 bits per heavy atom. The van der Waals surface area contributed by atoms with Crippen LogP contribution in [-0.4, -0.2) is 26.8 Å². The fourth-order valence-electron chi connectivity index (χ4n) is 1.86. The molecule has 20 heavy (non-hydrogen) atoms. The maximum atomic E-state index is 12.5. The molecule has 2 aromatic rings. The molecule has 2 N–H and O–H groups in total. The second-order valence-electron chi connectivity index (χ2n) is 4.84. The van der Waals surface area contributed by atoms with Crippen LogP contribution in [0.25, 0.3) is 0 Å². The molecule has 0 aliphatic rings. The number of nitrogens with zero attached hydrogens (tertiary/aromatic N) is 3. The first-order valence-electron chi connectivity index (χ1n) is 6.50. The number of amides is 1. The van der Waals surface area contributed by atoms with Gasteiger partial charge in [-0.3, -0.25) is 4.79 Å². The lowest BCUT2D eigenvalue weighted by Gasteiger charge is -2.26. The molecule has 2 rings (SSSR count). The second-order valence-corrected chi connectivity index (χ2v) is 4.84. The highest BCUT2D eigenvalue weighted by molar-refractivity contribution is 5.92. The molecule has 1 heterocycles. The number of hydrogen-bond donors (Lipinski definition) is 1. The van der Waals surface area contributed by atoms with E-state index < -0.39 is 0 Å². The first-order valence-corrected chi connectivity index (χ1v) is 6.50. The topological polar surface area (TPSA) is 72.1 Å². The zero-order valence-electron chi connectivity index (χ0n) is 11.7. The van der Waals surface area contributed by atoms with Gasteiger partial charge in [0.1, 0.15) is 11.5 Å². The summed E-state index contributed by atoms with van der Waals surface area (Å²) in [6.45, 7) is 4.50.